The molecule has 1 aliphatic rings. The summed E-state index contributed by atoms with van der Waals surface area (Å²) in [5.41, 5.74) is 1.20. The first-order valence-electron chi connectivity index (χ1n) is 10.5. The lowest BCUT2D eigenvalue weighted by atomic mass is 10.1. The summed E-state index contributed by atoms with van der Waals surface area (Å²) in [6, 6.07) is 9.50. The summed E-state index contributed by atoms with van der Waals surface area (Å²) >= 11 is 0. The van der Waals surface area contributed by atoms with Crippen LogP contribution in [-0.4, -0.2) is 70.4 Å². The number of piperazine rings is 1. The lowest BCUT2D eigenvalue weighted by Crippen LogP contribution is -2.48. The van der Waals surface area contributed by atoms with Crippen LogP contribution in [0.25, 0.3) is 22.5 Å². The first-order valence-corrected chi connectivity index (χ1v) is 12.4. The molecule has 0 saturated carbocycles. The van der Waals surface area contributed by atoms with Gasteiger partial charge >= 0.3 is 0 Å². The number of halogens is 1. The second kappa shape index (κ2) is 8.61. The zero-order chi connectivity index (χ0) is 23.9. The molecule has 0 spiro atoms. The maximum atomic E-state index is 13.2. The normalized spacial score (nSPS) is 15.2. The van der Waals surface area contributed by atoms with Gasteiger partial charge in [0.15, 0.2) is 11.4 Å². The minimum atomic E-state index is -3.28. The molecule has 0 radical (unpaired) electrons. The van der Waals surface area contributed by atoms with Gasteiger partial charge in [0.2, 0.25) is 15.9 Å². The van der Waals surface area contributed by atoms with Crippen molar-refractivity contribution < 1.29 is 22.3 Å². The van der Waals surface area contributed by atoms with Gasteiger partial charge in [0, 0.05) is 37.8 Å². The van der Waals surface area contributed by atoms with Crippen LogP contribution < -0.4 is 4.90 Å². The molecule has 1 aliphatic heterocycles. The minimum absolute atomic E-state index is 0.0261. The molecule has 0 bridgehead atoms. The predicted molar refractivity (Wildman–Crippen MR) is 122 cm³/mol. The monoisotopic (exact) mass is 484 g/mol. The third kappa shape index (κ3) is 4.29. The van der Waals surface area contributed by atoms with Crippen LogP contribution in [0, 0.1) is 5.82 Å². The Hall–Kier alpha value is -3.64. The number of aromatic nitrogens is 4. The van der Waals surface area contributed by atoms with E-state index in [0.29, 0.717) is 49.3 Å². The molecule has 3 aromatic heterocycles. The topological polar surface area (TPSA) is 126 Å². The van der Waals surface area contributed by atoms with Crippen LogP contribution in [0.3, 0.4) is 0 Å². The van der Waals surface area contributed by atoms with Gasteiger partial charge in [0.05, 0.1) is 12.7 Å². The van der Waals surface area contributed by atoms with Crippen LogP contribution in [0.1, 0.15) is 11.5 Å². The van der Waals surface area contributed by atoms with Gasteiger partial charge in [-0.3, -0.25) is 4.98 Å². The fourth-order valence-electron chi connectivity index (χ4n) is 3.93. The van der Waals surface area contributed by atoms with Crippen molar-refractivity contribution in [2.24, 2.45) is 0 Å². The number of nitrogens with zero attached hydrogens (tertiary/aromatic N) is 6. The molecule has 0 aliphatic carbocycles. The summed E-state index contributed by atoms with van der Waals surface area (Å²) in [6.07, 6.45) is 3.04. The third-order valence-electron chi connectivity index (χ3n) is 5.66. The largest absolute Gasteiger partial charge is 0.504 e. The molecular weight excluding hydrogens is 463 g/mol. The van der Waals surface area contributed by atoms with Crippen LogP contribution in [0.4, 0.5) is 10.2 Å². The highest BCUT2D eigenvalue weighted by atomic mass is 32.2. The van der Waals surface area contributed by atoms with Crippen molar-refractivity contribution in [2.45, 2.75) is 6.42 Å². The van der Waals surface area contributed by atoms with Crippen molar-refractivity contribution in [3.63, 3.8) is 0 Å². The number of aromatic hydroxyl groups is 1. The highest BCUT2D eigenvalue weighted by molar-refractivity contribution is 7.88. The van der Waals surface area contributed by atoms with Crippen molar-refractivity contribution in [3.8, 4) is 17.3 Å². The van der Waals surface area contributed by atoms with Crippen molar-refractivity contribution in [2.75, 3.05) is 37.3 Å². The summed E-state index contributed by atoms with van der Waals surface area (Å²) < 4.78 is 44.1. The maximum Gasteiger partial charge on any atom is 0.270 e. The van der Waals surface area contributed by atoms with E-state index in [2.05, 4.69) is 20.2 Å². The zero-order valence-electron chi connectivity index (χ0n) is 18.2. The van der Waals surface area contributed by atoms with E-state index in [1.165, 1.54) is 22.7 Å². The smallest absolute Gasteiger partial charge is 0.270 e. The molecule has 5 rings (SSSR count). The number of hydrogen-bond donors (Lipinski definition) is 1. The Labute approximate surface area is 194 Å². The van der Waals surface area contributed by atoms with E-state index in [-0.39, 0.29) is 29.0 Å². The van der Waals surface area contributed by atoms with Gasteiger partial charge in [-0.25, -0.2) is 17.8 Å². The van der Waals surface area contributed by atoms with Crippen molar-refractivity contribution in [3.05, 3.63) is 59.9 Å². The van der Waals surface area contributed by atoms with Crippen LogP contribution >= 0.6 is 0 Å². The fourth-order valence-corrected chi connectivity index (χ4v) is 4.75. The molecule has 1 fully saturated rings. The standard InChI is InChI=1S/C22H21FN6O4S/c1-34(31,32)29-11-9-28(10-12-29)21-16-3-2-8-24-18(16)20(30)19(25-21)22-27-26-17(33-22)13-14-4-6-15(23)7-5-14/h2-8,30H,9-13H2,1H3. The number of fused-ring (bicyclic) bond motifs is 1. The van der Waals surface area contributed by atoms with E-state index in [9.17, 15) is 17.9 Å². The first kappa shape index (κ1) is 22.2. The van der Waals surface area contributed by atoms with Gasteiger partial charge in [-0.2, -0.15) is 4.31 Å². The number of hydrogen-bond acceptors (Lipinski definition) is 9. The summed E-state index contributed by atoms with van der Waals surface area (Å²) in [5, 5.41) is 19.6. The molecule has 1 saturated heterocycles. The molecule has 12 heteroatoms. The van der Waals surface area contributed by atoms with Gasteiger partial charge in [0.25, 0.3) is 5.89 Å². The van der Waals surface area contributed by atoms with E-state index >= 15 is 0 Å². The first-order chi connectivity index (χ1) is 16.3. The average Bonchev–Trinajstić information content (AvgIpc) is 3.29. The average molecular weight is 485 g/mol. The van der Waals surface area contributed by atoms with Crippen LogP contribution in [0.15, 0.2) is 47.0 Å². The molecule has 1 aromatic carbocycles. The van der Waals surface area contributed by atoms with Crippen molar-refractivity contribution >= 4 is 26.7 Å². The molecule has 4 heterocycles. The van der Waals surface area contributed by atoms with Crippen molar-refractivity contribution in [1.29, 1.82) is 0 Å². The lowest BCUT2D eigenvalue weighted by molar-refractivity contribution is 0.387. The Bertz CT molecular complexity index is 1450. The molecule has 10 nitrogen and oxygen atoms in total. The summed E-state index contributed by atoms with van der Waals surface area (Å²) in [4.78, 5) is 10.9. The van der Waals surface area contributed by atoms with E-state index in [1.54, 1.807) is 30.5 Å². The van der Waals surface area contributed by atoms with Gasteiger partial charge in [-0.15, -0.1) is 10.2 Å². The van der Waals surface area contributed by atoms with Gasteiger partial charge in [-0.05, 0) is 29.8 Å². The fraction of sp³-hybridized carbons (Fsp3) is 0.273. The molecule has 34 heavy (non-hydrogen) atoms. The number of benzene rings is 1. The molecular formula is C22H21FN6O4S. The zero-order valence-corrected chi connectivity index (χ0v) is 19.0. The van der Waals surface area contributed by atoms with Gasteiger partial charge in [-0.1, -0.05) is 12.1 Å². The maximum absolute atomic E-state index is 13.2. The number of rotatable bonds is 5. The van der Waals surface area contributed by atoms with E-state index in [0.717, 1.165) is 5.56 Å². The van der Waals surface area contributed by atoms with Gasteiger partial charge in [0.1, 0.15) is 17.2 Å². The molecule has 0 amide bonds. The second-order valence-electron chi connectivity index (χ2n) is 7.99. The van der Waals surface area contributed by atoms with Gasteiger partial charge < -0.3 is 14.4 Å². The number of pyridine rings is 2. The second-order valence-corrected chi connectivity index (χ2v) is 9.97. The Morgan fingerprint density at radius 2 is 1.82 bits per heavy atom. The third-order valence-corrected chi connectivity index (χ3v) is 6.96. The summed E-state index contributed by atoms with van der Waals surface area (Å²) in [6.45, 7) is 1.49. The quantitative estimate of drug-likeness (QED) is 0.454. The Balaban J connectivity index is 1.50. The molecule has 176 valence electrons. The molecule has 0 unspecified atom stereocenters. The highest BCUT2D eigenvalue weighted by Gasteiger charge is 2.28. The molecule has 1 N–H and O–H groups in total. The Morgan fingerprint density at radius 3 is 2.53 bits per heavy atom. The molecule has 0 atom stereocenters. The SMILES string of the molecule is CS(=O)(=O)N1CCN(c2nc(-c3nnc(Cc4ccc(F)cc4)o3)c(O)c3ncccc23)CC1. The van der Waals surface area contributed by atoms with E-state index < -0.39 is 10.0 Å². The van der Waals surface area contributed by atoms with E-state index in [4.69, 9.17) is 4.42 Å². The molecule has 4 aromatic rings. The minimum Gasteiger partial charge on any atom is -0.504 e. The number of sulfonamides is 1. The van der Waals surface area contributed by atoms with Crippen LogP contribution in [0.2, 0.25) is 0 Å². The van der Waals surface area contributed by atoms with Crippen molar-refractivity contribution in [1.82, 2.24) is 24.5 Å². The van der Waals surface area contributed by atoms with E-state index in [1.807, 2.05) is 4.90 Å². The highest BCUT2D eigenvalue weighted by Crippen LogP contribution is 2.37. The Kier molecular flexibility index (Phi) is 5.62. The lowest BCUT2D eigenvalue weighted by Gasteiger charge is -2.34. The Morgan fingerprint density at radius 1 is 1.09 bits per heavy atom. The number of anilines is 1. The van der Waals surface area contributed by atoms with Crippen LogP contribution in [0.5, 0.6) is 5.75 Å². The van der Waals surface area contributed by atoms with Crippen LogP contribution in [-0.2, 0) is 16.4 Å². The summed E-state index contributed by atoms with van der Waals surface area (Å²) in [7, 11) is -3.28. The summed E-state index contributed by atoms with van der Waals surface area (Å²) in [5.74, 6) is 0.330. The predicted octanol–water partition coefficient (Wildman–Crippen LogP) is 2.20.